The summed E-state index contributed by atoms with van der Waals surface area (Å²) >= 11 is 0. The summed E-state index contributed by atoms with van der Waals surface area (Å²) < 4.78 is 5.17. The van der Waals surface area contributed by atoms with E-state index >= 15 is 0 Å². The summed E-state index contributed by atoms with van der Waals surface area (Å²) in [6, 6.07) is 6.77. The summed E-state index contributed by atoms with van der Waals surface area (Å²) in [7, 11) is 0. The van der Waals surface area contributed by atoms with Crippen LogP contribution in [-0.2, 0) is 11.3 Å². The Hall–Kier alpha value is -1.75. The molecule has 1 aliphatic heterocycles. The first-order chi connectivity index (χ1) is 8.25. The summed E-state index contributed by atoms with van der Waals surface area (Å²) in [5.41, 5.74) is 0.881. The molecule has 1 heterocycles. The van der Waals surface area contributed by atoms with Crippen LogP contribution in [0.4, 0.5) is 4.79 Å². The van der Waals surface area contributed by atoms with E-state index < -0.39 is 0 Å². The van der Waals surface area contributed by atoms with Gasteiger partial charge in [0.05, 0.1) is 13.2 Å². The molecule has 0 saturated carbocycles. The maximum atomic E-state index is 11.8. The highest BCUT2D eigenvalue weighted by molar-refractivity contribution is 5.74. The van der Waals surface area contributed by atoms with Crippen LogP contribution < -0.4 is 5.32 Å². The second-order valence-corrected chi connectivity index (χ2v) is 3.93. The number of nitrogens with one attached hydrogen (secondary N) is 1. The third kappa shape index (κ3) is 3.35. The van der Waals surface area contributed by atoms with Gasteiger partial charge in [-0.1, -0.05) is 12.1 Å². The van der Waals surface area contributed by atoms with Gasteiger partial charge in [0.2, 0.25) is 0 Å². The summed E-state index contributed by atoms with van der Waals surface area (Å²) in [6.07, 6.45) is 0. The lowest BCUT2D eigenvalue weighted by molar-refractivity contribution is 0.0531. The number of benzene rings is 1. The number of ether oxygens (including phenoxy) is 1. The monoisotopic (exact) mass is 236 g/mol. The van der Waals surface area contributed by atoms with Crippen molar-refractivity contribution in [2.24, 2.45) is 0 Å². The molecule has 0 aromatic heterocycles. The average molecular weight is 236 g/mol. The Bertz CT molecular complexity index is 389. The van der Waals surface area contributed by atoms with Gasteiger partial charge in [0, 0.05) is 19.6 Å². The minimum atomic E-state index is -0.0864. The smallest absolute Gasteiger partial charge is 0.317 e. The van der Waals surface area contributed by atoms with Gasteiger partial charge in [-0.05, 0) is 17.7 Å². The van der Waals surface area contributed by atoms with E-state index in [2.05, 4.69) is 5.32 Å². The van der Waals surface area contributed by atoms with Gasteiger partial charge in [-0.25, -0.2) is 4.79 Å². The van der Waals surface area contributed by atoms with Gasteiger partial charge in [0.15, 0.2) is 0 Å². The van der Waals surface area contributed by atoms with Crippen LogP contribution in [-0.4, -0.2) is 42.3 Å². The summed E-state index contributed by atoms with van der Waals surface area (Å²) in [5, 5.41) is 12.1. The molecule has 1 fully saturated rings. The molecule has 2 rings (SSSR count). The molecular formula is C12H16N2O3. The molecule has 0 spiro atoms. The number of phenols is 1. The van der Waals surface area contributed by atoms with Crippen molar-refractivity contribution in [3.8, 4) is 5.75 Å². The molecule has 0 aliphatic carbocycles. The second-order valence-electron chi connectivity index (χ2n) is 3.93. The van der Waals surface area contributed by atoms with Crippen LogP contribution in [0.15, 0.2) is 24.3 Å². The van der Waals surface area contributed by atoms with Crippen LogP contribution >= 0.6 is 0 Å². The van der Waals surface area contributed by atoms with E-state index in [0.717, 1.165) is 5.56 Å². The van der Waals surface area contributed by atoms with Crippen LogP contribution in [0.1, 0.15) is 5.56 Å². The summed E-state index contributed by atoms with van der Waals surface area (Å²) in [5.74, 6) is 0.211. The molecule has 92 valence electrons. The fourth-order valence-corrected chi connectivity index (χ4v) is 1.72. The Morgan fingerprint density at radius 3 is 2.88 bits per heavy atom. The number of amides is 2. The fraction of sp³-hybridized carbons (Fsp3) is 0.417. The SMILES string of the molecule is O=C(NCc1cccc(O)c1)N1CCOCC1. The largest absolute Gasteiger partial charge is 0.508 e. The molecule has 0 bridgehead atoms. The molecule has 1 aromatic carbocycles. The normalized spacial score (nSPS) is 15.6. The number of morpholine rings is 1. The molecule has 17 heavy (non-hydrogen) atoms. The number of aromatic hydroxyl groups is 1. The maximum absolute atomic E-state index is 11.8. The third-order valence-electron chi connectivity index (χ3n) is 2.65. The minimum absolute atomic E-state index is 0.0864. The maximum Gasteiger partial charge on any atom is 0.317 e. The molecule has 0 radical (unpaired) electrons. The third-order valence-corrected chi connectivity index (χ3v) is 2.65. The van der Waals surface area contributed by atoms with E-state index in [1.165, 1.54) is 0 Å². The predicted octanol–water partition coefficient (Wildman–Crippen LogP) is 0.934. The van der Waals surface area contributed by atoms with E-state index in [1.54, 1.807) is 23.1 Å². The Labute approximate surface area is 100.0 Å². The van der Waals surface area contributed by atoms with Crippen molar-refractivity contribution in [1.82, 2.24) is 10.2 Å². The van der Waals surface area contributed by atoms with Gasteiger partial charge in [0.1, 0.15) is 5.75 Å². The predicted molar refractivity (Wildman–Crippen MR) is 62.7 cm³/mol. The molecule has 5 nitrogen and oxygen atoms in total. The highest BCUT2D eigenvalue weighted by Crippen LogP contribution is 2.10. The summed E-state index contributed by atoms with van der Waals surface area (Å²) in [4.78, 5) is 13.5. The first-order valence-electron chi connectivity index (χ1n) is 5.64. The van der Waals surface area contributed by atoms with Gasteiger partial charge in [0.25, 0.3) is 0 Å². The van der Waals surface area contributed by atoms with Crippen molar-refractivity contribution in [1.29, 1.82) is 0 Å². The van der Waals surface area contributed by atoms with E-state index in [1.807, 2.05) is 6.07 Å². The van der Waals surface area contributed by atoms with Crippen molar-refractivity contribution in [3.05, 3.63) is 29.8 Å². The van der Waals surface area contributed by atoms with E-state index in [-0.39, 0.29) is 11.8 Å². The van der Waals surface area contributed by atoms with Crippen LogP contribution in [0.25, 0.3) is 0 Å². The van der Waals surface area contributed by atoms with Gasteiger partial charge in [-0.15, -0.1) is 0 Å². The first kappa shape index (κ1) is 11.7. The average Bonchev–Trinajstić information content (AvgIpc) is 2.37. The lowest BCUT2D eigenvalue weighted by Gasteiger charge is -2.26. The molecule has 2 amide bonds. The van der Waals surface area contributed by atoms with E-state index in [9.17, 15) is 9.90 Å². The Morgan fingerprint density at radius 2 is 2.18 bits per heavy atom. The molecule has 0 atom stereocenters. The molecule has 0 unspecified atom stereocenters. The van der Waals surface area contributed by atoms with Crippen molar-refractivity contribution in [2.45, 2.75) is 6.54 Å². The molecule has 5 heteroatoms. The highest BCUT2D eigenvalue weighted by Gasteiger charge is 2.15. The van der Waals surface area contributed by atoms with Crippen molar-refractivity contribution in [3.63, 3.8) is 0 Å². The van der Waals surface area contributed by atoms with Crippen LogP contribution in [0.5, 0.6) is 5.75 Å². The van der Waals surface area contributed by atoms with E-state index in [4.69, 9.17) is 4.74 Å². The van der Waals surface area contributed by atoms with Gasteiger partial charge in [-0.3, -0.25) is 0 Å². The second kappa shape index (κ2) is 5.54. The van der Waals surface area contributed by atoms with Gasteiger partial charge < -0.3 is 20.1 Å². The standard InChI is InChI=1S/C12H16N2O3/c15-11-3-1-2-10(8-11)9-13-12(16)14-4-6-17-7-5-14/h1-3,8,15H,4-7,9H2,(H,13,16). The molecular weight excluding hydrogens is 220 g/mol. The lowest BCUT2D eigenvalue weighted by Crippen LogP contribution is -2.45. The van der Waals surface area contributed by atoms with Crippen LogP contribution in [0.3, 0.4) is 0 Å². The number of hydrogen-bond donors (Lipinski definition) is 2. The number of phenolic OH excluding ortho intramolecular Hbond substituents is 1. The Morgan fingerprint density at radius 1 is 1.41 bits per heavy atom. The van der Waals surface area contributed by atoms with Gasteiger partial charge in [-0.2, -0.15) is 0 Å². The van der Waals surface area contributed by atoms with Crippen molar-refractivity contribution in [2.75, 3.05) is 26.3 Å². The van der Waals surface area contributed by atoms with Gasteiger partial charge >= 0.3 is 6.03 Å². The fourth-order valence-electron chi connectivity index (χ4n) is 1.72. The lowest BCUT2D eigenvalue weighted by atomic mass is 10.2. The summed E-state index contributed by atoms with van der Waals surface area (Å²) in [6.45, 7) is 2.88. The van der Waals surface area contributed by atoms with Crippen LogP contribution in [0, 0.1) is 0 Å². The number of hydrogen-bond acceptors (Lipinski definition) is 3. The number of rotatable bonds is 2. The molecule has 2 N–H and O–H groups in total. The molecule has 1 aromatic rings. The number of urea groups is 1. The molecule has 1 aliphatic rings. The van der Waals surface area contributed by atoms with Crippen LogP contribution in [0.2, 0.25) is 0 Å². The number of carbonyl (C=O) groups excluding carboxylic acids is 1. The first-order valence-corrected chi connectivity index (χ1v) is 5.64. The zero-order chi connectivity index (χ0) is 12.1. The number of nitrogens with zero attached hydrogens (tertiary/aromatic N) is 1. The van der Waals surface area contributed by atoms with Crippen molar-refractivity contribution >= 4 is 6.03 Å². The topological polar surface area (TPSA) is 61.8 Å². The molecule has 1 saturated heterocycles. The van der Waals surface area contributed by atoms with E-state index in [0.29, 0.717) is 32.8 Å². The Kier molecular flexibility index (Phi) is 3.82. The minimum Gasteiger partial charge on any atom is -0.508 e. The Balaban J connectivity index is 1.83. The zero-order valence-corrected chi connectivity index (χ0v) is 9.56. The zero-order valence-electron chi connectivity index (χ0n) is 9.56. The number of carbonyl (C=O) groups is 1. The van der Waals surface area contributed by atoms with Crippen molar-refractivity contribution < 1.29 is 14.6 Å². The highest BCUT2D eigenvalue weighted by atomic mass is 16.5. The quantitative estimate of drug-likeness (QED) is 0.803.